The third kappa shape index (κ3) is 2.87. The van der Waals surface area contributed by atoms with Crippen molar-refractivity contribution in [3.05, 3.63) is 63.9 Å². The van der Waals surface area contributed by atoms with Crippen LogP contribution in [0.4, 0.5) is 10.1 Å². The van der Waals surface area contributed by atoms with Crippen molar-refractivity contribution >= 4 is 17.3 Å². The summed E-state index contributed by atoms with van der Waals surface area (Å²) in [6, 6.07) is 9.36. The van der Waals surface area contributed by atoms with Crippen molar-refractivity contribution < 1.29 is 4.39 Å². The fraction of sp³-hybridized carbons (Fsp3) is 0.143. The van der Waals surface area contributed by atoms with E-state index in [2.05, 4.69) is 5.43 Å². The van der Waals surface area contributed by atoms with E-state index in [0.717, 1.165) is 11.1 Å². The van der Waals surface area contributed by atoms with Gasteiger partial charge in [-0.15, -0.1) is 0 Å². The Labute approximate surface area is 116 Å². The predicted molar refractivity (Wildman–Crippen MR) is 76.2 cm³/mol. The molecule has 2 aromatic rings. The molecule has 0 spiro atoms. The standard InChI is InChI=1S/C14H15ClFN3/c1-8-2-3-9(6-12(8)15)14(19-18)11-7-10(16)4-5-13(11)17/h2-7,14,19H,17-18H2,1H3. The van der Waals surface area contributed by atoms with E-state index in [1.807, 2.05) is 19.1 Å². The number of benzene rings is 2. The van der Waals surface area contributed by atoms with E-state index >= 15 is 0 Å². The van der Waals surface area contributed by atoms with Gasteiger partial charge in [-0.2, -0.15) is 0 Å². The van der Waals surface area contributed by atoms with Crippen LogP contribution in [0.1, 0.15) is 22.7 Å². The first kappa shape index (κ1) is 13.8. The van der Waals surface area contributed by atoms with Gasteiger partial charge in [-0.1, -0.05) is 23.7 Å². The second kappa shape index (κ2) is 5.57. The molecule has 1 atom stereocenters. The normalized spacial score (nSPS) is 12.4. The van der Waals surface area contributed by atoms with Gasteiger partial charge in [0, 0.05) is 16.3 Å². The summed E-state index contributed by atoms with van der Waals surface area (Å²) in [7, 11) is 0. The van der Waals surface area contributed by atoms with Crippen LogP contribution < -0.4 is 17.0 Å². The molecular formula is C14H15ClFN3. The number of rotatable bonds is 3. The van der Waals surface area contributed by atoms with E-state index in [1.165, 1.54) is 18.2 Å². The number of nitrogens with two attached hydrogens (primary N) is 2. The predicted octanol–water partition coefficient (Wildman–Crippen LogP) is 2.92. The molecule has 5 heteroatoms. The average molecular weight is 280 g/mol. The number of nitrogens with one attached hydrogen (secondary N) is 1. The van der Waals surface area contributed by atoms with Gasteiger partial charge < -0.3 is 5.73 Å². The van der Waals surface area contributed by atoms with Crippen LogP contribution in [0.2, 0.25) is 5.02 Å². The van der Waals surface area contributed by atoms with Crippen LogP contribution >= 0.6 is 11.6 Å². The lowest BCUT2D eigenvalue weighted by atomic mass is 9.97. The van der Waals surface area contributed by atoms with Gasteiger partial charge in [-0.05, 0) is 42.3 Å². The molecule has 0 aliphatic heterocycles. The lowest BCUT2D eigenvalue weighted by Crippen LogP contribution is -2.29. The summed E-state index contributed by atoms with van der Waals surface area (Å²) in [6.45, 7) is 1.91. The zero-order chi connectivity index (χ0) is 14.0. The van der Waals surface area contributed by atoms with E-state index in [0.29, 0.717) is 16.3 Å². The molecule has 2 aromatic carbocycles. The molecule has 0 aliphatic rings. The molecule has 19 heavy (non-hydrogen) atoms. The fourth-order valence-electron chi connectivity index (χ4n) is 1.95. The summed E-state index contributed by atoms with van der Waals surface area (Å²) in [6.07, 6.45) is 0. The van der Waals surface area contributed by atoms with Crippen molar-refractivity contribution in [1.29, 1.82) is 0 Å². The first-order valence-corrected chi connectivity index (χ1v) is 6.18. The van der Waals surface area contributed by atoms with E-state index < -0.39 is 6.04 Å². The number of anilines is 1. The average Bonchev–Trinajstić information content (AvgIpc) is 2.38. The van der Waals surface area contributed by atoms with Crippen LogP contribution in [0.15, 0.2) is 36.4 Å². The number of halogens is 2. The number of aryl methyl sites for hydroxylation is 1. The molecular weight excluding hydrogens is 265 g/mol. The first-order valence-electron chi connectivity index (χ1n) is 5.80. The SMILES string of the molecule is Cc1ccc(C(NN)c2cc(F)ccc2N)cc1Cl. The fourth-order valence-corrected chi connectivity index (χ4v) is 2.14. The maximum Gasteiger partial charge on any atom is 0.123 e. The third-order valence-electron chi connectivity index (χ3n) is 3.06. The topological polar surface area (TPSA) is 64.1 Å². The minimum atomic E-state index is -0.409. The largest absolute Gasteiger partial charge is 0.398 e. The molecule has 0 saturated heterocycles. The maximum atomic E-state index is 13.4. The van der Waals surface area contributed by atoms with E-state index in [9.17, 15) is 4.39 Å². The lowest BCUT2D eigenvalue weighted by Gasteiger charge is -2.19. The van der Waals surface area contributed by atoms with Crippen molar-refractivity contribution in [3.8, 4) is 0 Å². The van der Waals surface area contributed by atoms with Gasteiger partial charge in [0.25, 0.3) is 0 Å². The van der Waals surface area contributed by atoms with Crippen molar-refractivity contribution in [2.75, 3.05) is 5.73 Å². The minimum Gasteiger partial charge on any atom is -0.398 e. The molecule has 0 heterocycles. The van der Waals surface area contributed by atoms with Gasteiger partial charge in [-0.25, -0.2) is 9.82 Å². The summed E-state index contributed by atoms with van der Waals surface area (Å²) in [4.78, 5) is 0. The third-order valence-corrected chi connectivity index (χ3v) is 3.46. The summed E-state index contributed by atoms with van der Waals surface area (Å²) in [5.74, 6) is 5.21. The molecule has 0 bridgehead atoms. The minimum absolute atomic E-state index is 0.359. The van der Waals surface area contributed by atoms with Gasteiger partial charge in [0.15, 0.2) is 0 Å². The summed E-state index contributed by atoms with van der Waals surface area (Å²) in [5, 5.41) is 0.632. The molecule has 100 valence electrons. The maximum absolute atomic E-state index is 13.4. The van der Waals surface area contributed by atoms with Gasteiger partial charge in [0.2, 0.25) is 0 Å². The summed E-state index contributed by atoms with van der Waals surface area (Å²) >= 11 is 6.10. The Bertz CT molecular complexity index is 601. The molecule has 0 amide bonds. The van der Waals surface area contributed by atoms with E-state index in [1.54, 1.807) is 6.07 Å². The smallest absolute Gasteiger partial charge is 0.123 e. The Balaban J connectivity index is 2.49. The van der Waals surface area contributed by atoms with Crippen molar-refractivity contribution in [1.82, 2.24) is 5.43 Å². The van der Waals surface area contributed by atoms with Crippen LogP contribution in [0.3, 0.4) is 0 Å². The second-order valence-corrected chi connectivity index (χ2v) is 4.79. The van der Waals surface area contributed by atoms with Gasteiger partial charge >= 0.3 is 0 Å². The molecule has 0 saturated carbocycles. The Kier molecular flexibility index (Phi) is 4.04. The van der Waals surface area contributed by atoms with Gasteiger partial charge in [0.05, 0.1) is 6.04 Å². The summed E-state index contributed by atoms with van der Waals surface area (Å²) < 4.78 is 13.4. The second-order valence-electron chi connectivity index (χ2n) is 4.38. The van der Waals surface area contributed by atoms with E-state index in [4.69, 9.17) is 23.2 Å². The zero-order valence-corrected chi connectivity index (χ0v) is 11.2. The molecule has 0 aliphatic carbocycles. The molecule has 2 rings (SSSR count). The number of hydrogen-bond acceptors (Lipinski definition) is 3. The van der Waals surface area contributed by atoms with E-state index in [-0.39, 0.29) is 5.82 Å². The molecule has 0 radical (unpaired) electrons. The van der Waals surface area contributed by atoms with Crippen LogP contribution in [0, 0.1) is 12.7 Å². The first-order chi connectivity index (χ1) is 9.02. The van der Waals surface area contributed by atoms with Crippen molar-refractivity contribution in [2.45, 2.75) is 13.0 Å². The molecule has 0 aromatic heterocycles. The number of hydrogen-bond donors (Lipinski definition) is 3. The van der Waals surface area contributed by atoms with Crippen LogP contribution in [0.25, 0.3) is 0 Å². The van der Waals surface area contributed by atoms with Crippen LogP contribution in [-0.4, -0.2) is 0 Å². The Morgan fingerprint density at radius 3 is 2.58 bits per heavy atom. The van der Waals surface area contributed by atoms with Crippen LogP contribution in [-0.2, 0) is 0 Å². The van der Waals surface area contributed by atoms with Crippen molar-refractivity contribution in [2.24, 2.45) is 5.84 Å². The highest BCUT2D eigenvalue weighted by atomic mass is 35.5. The van der Waals surface area contributed by atoms with Crippen LogP contribution in [0.5, 0.6) is 0 Å². The molecule has 0 fully saturated rings. The highest BCUT2D eigenvalue weighted by Crippen LogP contribution is 2.29. The lowest BCUT2D eigenvalue weighted by molar-refractivity contribution is 0.606. The number of nitrogen functional groups attached to an aromatic ring is 1. The highest BCUT2D eigenvalue weighted by Gasteiger charge is 2.16. The quantitative estimate of drug-likeness (QED) is 0.460. The van der Waals surface area contributed by atoms with Gasteiger partial charge in [-0.3, -0.25) is 5.84 Å². The molecule has 5 N–H and O–H groups in total. The zero-order valence-electron chi connectivity index (χ0n) is 10.5. The monoisotopic (exact) mass is 279 g/mol. The Hall–Kier alpha value is -1.62. The Morgan fingerprint density at radius 1 is 1.21 bits per heavy atom. The Morgan fingerprint density at radius 2 is 1.95 bits per heavy atom. The van der Waals surface area contributed by atoms with Crippen molar-refractivity contribution in [3.63, 3.8) is 0 Å². The van der Waals surface area contributed by atoms with Gasteiger partial charge in [0.1, 0.15) is 5.82 Å². The molecule has 1 unspecified atom stereocenters. The molecule has 3 nitrogen and oxygen atoms in total. The number of hydrazine groups is 1. The highest BCUT2D eigenvalue weighted by molar-refractivity contribution is 6.31. The summed E-state index contributed by atoms with van der Waals surface area (Å²) in [5.41, 5.74) is 11.4.